The van der Waals surface area contributed by atoms with Crippen molar-refractivity contribution in [2.75, 3.05) is 17.6 Å². The number of anilines is 2. The van der Waals surface area contributed by atoms with Crippen molar-refractivity contribution in [1.82, 2.24) is 0 Å². The molecule has 16 heavy (non-hydrogen) atoms. The Morgan fingerprint density at radius 2 is 2.06 bits per heavy atom. The van der Waals surface area contributed by atoms with Gasteiger partial charge in [-0.2, -0.15) is 0 Å². The first-order valence-corrected chi connectivity index (χ1v) is 5.77. The lowest BCUT2D eigenvalue weighted by molar-refractivity contribution is 0.161. The molecular weight excluding hydrogens is 200 g/mol. The Morgan fingerprint density at radius 3 is 2.62 bits per heavy atom. The molecule has 0 fully saturated rings. The van der Waals surface area contributed by atoms with E-state index in [4.69, 9.17) is 5.73 Å². The van der Waals surface area contributed by atoms with Crippen LogP contribution in [0.1, 0.15) is 25.8 Å². The van der Waals surface area contributed by atoms with Crippen LogP contribution in [0.4, 0.5) is 11.4 Å². The number of aryl methyl sites for hydroxylation is 1. The highest BCUT2D eigenvalue weighted by Gasteiger charge is 2.06. The number of hydrogen-bond donors (Lipinski definition) is 3. The number of nitrogen functional groups attached to an aromatic ring is 1. The van der Waals surface area contributed by atoms with Crippen molar-refractivity contribution in [1.29, 1.82) is 0 Å². The molecule has 0 radical (unpaired) electrons. The van der Waals surface area contributed by atoms with Gasteiger partial charge in [0.1, 0.15) is 0 Å². The van der Waals surface area contributed by atoms with Gasteiger partial charge in [0, 0.05) is 17.9 Å². The van der Waals surface area contributed by atoms with Crippen LogP contribution in [0.15, 0.2) is 18.2 Å². The van der Waals surface area contributed by atoms with E-state index in [-0.39, 0.29) is 6.10 Å². The van der Waals surface area contributed by atoms with Gasteiger partial charge in [-0.3, -0.25) is 0 Å². The number of aliphatic hydroxyl groups is 1. The Labute approximate surface area is 97.7 Å². The van der Waals surface area contributed by atoms with E-state index < -0.39 is 0 Å². The largest absolute Gasteiger partial charge is 0.398 e. The molecule has 0 aliphatic heterocycles. The molecule has 0 saturated carbocycles. The molecule has 1 aromatic rings. The maximum Gasteiger partial charge on any atom is 0.0715 e. The molecule has 3 nitrogen and oxygen atoms in total. The van der Waals surface area contributed by atoms with Gasteiger partial charge >= 0.3 is 0 Å². The molecular formula is C13H22N2O. The molecule has 0 heterocycles. The molecule has 90 valence electrons. The van der Waals surface area contributed by atoms with Gasteiger partial charge in [-0.1, -0.05) is 19.9 Å². The van der Waals surface area contributed by atoms with E-state index in [1.807, 2.05) is 25.1 Å². The average Bonchev–Trinajstić information content (AvgIpc) is 2.19. The van der Waals surface area contributed by atoms with E-state index >= 15 is 0 Å². The van der Waals surface area contributed by atoms with Crippen molar-refractivity contribution in [3.63, 3.8) is 0 Å². The molecule has 0 aromatic heterocycles. The van der Waals surface area contributed by atoms with E-state index in [2.05, 4.69) is 19.2 Å². The summed E-state index contributed by atoms with van der Waals surface area (Å²) in [6.07, 6.45) is 0.511. The Kier molecular flexibility index (Phi) is 4.62. The standard InChI is InChI=1S/C13H22N2O/c1-9(2)6-12(16)8-15-11-5-4-10(3)13(14)7-11/h4-5,7,9,12,15-16H,6,8,14H2,1-3H3. The van der Waals surface area contributed by atoms with Crippen molar-refractivity contribution < 1.29 is 5.11 Å². The Morgan fingerprint density at radius 1 is 1.38 bits per heavy atom. The second-order valence-corrected chi connectivity index (χ2v) is 4.74. The number of aliphatic hydroxyl groups excluding tert-OH is 1. The Balaban J connectivity index is 2.45. The van der Waals surface area contributed by atoms with E-state index in [1.54, 1.807) is 0 Å². The molecule has 1 rings (SSSR count). The zero-order valence-electron chi connectivity index (χ0n) is 10.3. The van der Waals surface area contributed by atoms with Gasteiger partial charge in [0.2, 0.25) is 0 Å². The summed E-state index contributed by atoms with van der Waals surface area (Å²) < 4.78 is 0. The van der Waals surface area contributed by atoms with Crippen molar-refractivity contribution >= 4 is 11.4 Å². The molecule has 3 heteroatoms. The first-order valence-electron chi connectivity index (χ1n) is 5.77. The van der Waals surface area contributed by atoms with Crippen LogP contribution in [0, 0.1) is 12.8 Å². The lowest BCUT2D eigenvalue weighted by Gasteiger charge is -2.15. The summed E-state index contributed by atoms with van der Waals surface area (Å²) in [5.74, 6) is 0.514. The van der Waals surface area contributed by atoms with Crippen LogP contribution in [-0.2, 0) is 0 Å². The highest BCUT2D eigenvalue weighted by molar-refractivity contribution is 5.58. The van der Waals surface area contributed by atoms with Crippen molar-refractivity contribution in [2.24, 2.45) is 5.92 Å². The predicted octanol–water partition coefficient (Wildman–Crippen LogP) is 2.40. The molecule has 1 atom stereocenters. The van der Waals surface area contributed by atoms with E-state index in [1.165, 1.54) is 0 Å². The third-order valence-electron chi connectivity index (χ3n) is 2.56. The van der Waals surface area contributed by atoms with Gasteiger partial charge in [0.05, 0.1) is 6.10 Å². The predicted molar refractivity (Wildman–Crippen MR) is 69.5 cm³/mol. The molecule has 0 aliphatic rings. The van der Waals surface area contributed by atoms with Gasteiger partial charge < -0.3 is 16.2 Å². The third kappa shape index (κ3) is 4.11. The first-order chi connectivity index (χ1) is 7.49. The fourth-order valence-corrected chi connectivity index (χ4v) is 1.61. The number of nitrogens with one attached hydrogen (secondary N) is 1. The van der Waals surface area contributed by atoms with Crippen LogP contribution in [0.25, 0.3) is 0 Å². The second kappa shape index (κ2) is 5.75. The SMILES string of the molecule is Cc1ccc(NCC(O)CC(C)C)cc1N. The minimum absolute atomic E-state index is 0.303. The molecule has 0 aliphatic carbocycles. The van der Waals surface area contributed by atoms with Crippen molar-refractivity contribution in [2.45, 2.75) is 33.3 Å². The molecule has 0 spiro atoms. The molecule has 0 bridgehead atoms. The van der Waals surface area contributed by atoms with E-state index in [0.29, 0.717) is 12.5 Å². The maximum absolute atomic E-state index is 9.71. The molecule has 4 N–H and O–H groups in total. The maximum atomic E-state index is 9.71. The van der Waals surface area contributed by atoms with E-state index in [0.717, 1.165) is 23.4 Å². The minimum atomic E-state index is -0.303. The van der Waals surface area contributed by atoms with Gasteiger partial charge in [-0.25, -0.2) is 0 Å². The van der Waals surface area contributed by atoms with Gasteiger partial charge in [-0.15, -0.1) is 0 Å². The van der Waals surface area contributed by atoms with Crippen molar-refractivity contribution in [3.8, 4) is 0 Å². The quantitative estimate of drug-likeness (QED) is 0.670. The fraction of sp³-hybridized carbons (Fsp3) is 0.538. The molecule has 0 saturated heterocycles. The number of nitrogens with two attached hydrogens (primary N) is 1. The summed E-state index contributed by atoms with van der Waals surface area (Å²) in [5, 5.41) is 12.9. The first kappa shape index (κ1) is 12.8. The zero-order chi connectivity index (χ0) is 12.1. The Bertz CT molecular complexity index is 337. The zero-order valence-corrected chi connectivity index (χ0v) is 10.3. The second-order valence-electron chi connectivity index (χ2n) is 4.74. The fourth-order valence-electron chi connectivity index (χ4n) is 1.61. The van der Waals surface area contributed by atoms with Crippen molar-refractivity contribution in [3.05, 3.63) is 23.8 Å². The number of benzene rings is 1. The summed E-state index contributed by atoms with van der Waals surface area (Å²) in [6, 6.07) is 5.86. The van der Waals surface area contributed by atoms with Gasteiger partial charge in [-0.05, 0) is 37.0 Å². The third-order valence-corrected chi connectivity index (χ3v) is 2.56. The van der Waals surface area contributed by atoms with Crippen LogP contribution in [0.5, 0.6) is 0 Å². The van der Waals surface area contributed by atoms with Crippen LogP contribution in [0.3, 0.4) is 0 Å². The number of hydrogen-bond acceptors (Lipinski definition) is 3. The smallest absolute Gasteiger partial charge is 0.0715 e. The summed E-state index contributed by atoms with van der Waals surface area (Å²) in [5.41, 5.74) is 8.63. The van der Waals surface area contributed by atoms with Crippen LogP contribution in [-0.4, -0.2) is 17.8 Å². The topological polar surface area (TPSA) is 58.3 Å². The molecule has 0 amide bonds. The monoisotopic (exact) mass is 222 g/mol. The van der Waals surface area contributed by atoms with Crippen LogP contribution in [0.2, 0.25) is 0 Å². The Hall–Kier alpha value is -1.22. The van der Waals surface area contributed by atoms with Gasteiger partial charge in [0.25, 0.3) is 0 Å². The summed E-state index contributed by atoms with van der Waals surface area (Å²) in [6.45, 7) is 6.76. The van der Waals surface area contributed by atoms with Crippen LogP contribution >= 0.6 is 0 Å². The van der Waals surface area contributed by atoms with Gasteiger partial charge in [0.15, 0.2) is 0 Å². The lowest BCUT2D eigenvalue weighted by atomic mass is 10.1. The highest BCUT2D eigenvalue weighted by Crippen LogP contribution is 2.17. The molecule has 1 unspecified atom stereocenters. The average molecular weight is 222 g/mol. The lowest BCUT2D eigenvalue weighted by Crippen LogP contribution is -2.21. The van der Waals surface area contributed by atoms with E-state index in [9.17, 15) is 5.11 Å². The highest BCUT2D eigenvalue weighted by atomic mass is 16.3. The summed E-state index contributed by atoms with van der Waals surface area (Å²) >= 11 is 0. The summed E-state index contributed by atoms with van der Waals surface area (Å²) in [7, 11) is 0. The summed E-state index contributed by atoms with van der Waals surface area (Å²) in [4.78, 5) is 0. The molecule has 1 aromatic carbocycles. The van der Waals surface area contributed by atoms with Crippen LogP contribution < -0.4 is 11.1 Å². The minimum Gasteiger partial charge on any atom is -0.398 e. The number of rotatable bonds is 5. The normalized spacial score (nSPS) is 12.8.